The topological polar surface area (TPSA) is 14.2 Å². The van der Waals surface area contributed by atoms with Crippen LogP contribution in [0.25, 0.3) is 10.9 Å². The Balaban J connectivity index is 2.53. The van der Waals surface area contributed by atoms with E-state index in [-0.39, 0.29) is 0 Å². The maximum absolute atomic E-state index is 5.42. The number of fused-ring (bicyclic) bond motifs is 1. The van der Waals surface area contributed by atoms with Crippen molar-refractivity contribution in [2.45, 2.75) is 6.92 Å². The summed E-state index contributed by atoms with van der Waals surface area (Å²) in [6, 6.07) is 8.26. The minimum absolute atomic E-state index is 0.718. The van der Waals surface area contributed by atoms with Gasteiger partial charge in [-0.25, -0.2) is 0 Å². The SMILES string of the molecule is Bn1ccc2ccc(OCC)cc21. The lowest BCUT2D eigenvalue weighted by atomic mass is 10.2. The lowest BCUT2D eigenvalue weighted by Gasteiger charge is -2.03. The van der Waals surface area contributed by atoms with Crippen LogP contribution in [0, 0.1) is 0 Å². The van der Waals surface area contributed by atoms with Crippen molar-refractivity contribution in [2.75, 3.05) is 6.61 Å². The first-order valence-electron chi connectivity index (χ1n) is 4.49. The molecule has 0 atom stereocenters. The molecule has 1 aromatic heterocycles. The molecular weight excluding hydrogens is 161 g/mol. The van der Waals surface area contributed by atoms with Gasteiger partial charge >= 0.3 is 0 Å². The highest BCUT2D eigenvalue weighted by molar-refractivity contribution is 6.11. The van der Waals surface area contributed by atoms with Crippen LogP contribution in [0.5, 0.6) is 5.75 Å². The summed E-state index contributed by atoms with van der Waals surface area (Å²) in [5, 5.41) is 1.26. The average molecular weight is 173 g/mol. The molecule has 0 saturated carbocycles. The maximum Gasteiger partial charge on any atom is 0.223 e. The second kappa shape index (κ2) is 3.17. The Kier molecular flexibility index (Phi) is 2.01. The van der Waals surface area contributed by atoms with E-state index in [9.17, 15) is 0 Å². The molecule has 0 radical (unpaired) electrons. The van der Waals surface area contributed by atoms with Gasteiger partial charge in [0.1, 0.15) is 5.75 Å². The molecule has 0 saturated heterocycles. The average Bonchev–Trinajstić information content (AvgIpc) is 2.49. The summed E-state index contributed by atoms with van der Waals surface area (Å²) in [6.07, 6.45) is 2.06. The fourth-order valence-corrected chi connectivity index (χ4v) is 1.50. The smallest absolute Gasteiger partial charge is 0.223 e. The zero-order valence-electron chi connectivity index (χ0n) is 7.95. The number of aromatic nitrogens is 1. The van der Waals surface area contributed by atoms with Crippen molar-refractivity contribution in [3.8, 4) is 5.75 Å². The first-order valence-corrected chi connectivity index (χ1v) is 4.49. The lowest BCUT2D eigenvalue weighted by Crippen LogP contribution is -1.92. The molecule has 0 unspecified atom stereocenters. The second-order valence-corrected chi connectivity index (χ2v) is 3.08. The predicted molar refractivity (Wildman–Crippen MR) is 57.0 cm³/mol. The highest BCUT2D eigenvalue weighted by atomic mass is 16.5. The van der Waals surface area contributed by atoms with Gasteiger partial charge in [-0.2, -0.15) is 0 Å². The number of nitrogens with zero attached hydrogens (tertiary/aromatic N) is 1. The summed E-state index contributed by atoms with van der Waals surface area (Å²) < 4.78 is 7.52. The molecule has 1 heterocycles. The molecule has 0 bridgehead atoms. The fraction of sp³-hybridized carbons (Fsp3) is 0.200. The van der Waals surface area contributed by atoms with Gasteiger partial charge in [-0.1, -0.05) is 0 Å². The van der Waals surface area contributed by atoms with E-state index in [2.05, 4.69) is 28.9 Å². The summed E-state index contributed by atoms with van der Waals surface area (Å²) >= 11 is 0. The van der Waals surface area contributed by atoms with Crippen molar-refractivity contribution < 1.29 is 4.74 Å². The Morgan fingerprint density at radius 1 is 1.38 bits per heavy atom. The quantitative estimate of drug-likeness (QED) is 0.626. The van der Waals surface area contributed by atoms with Gasteiger partial charge in [0.25, 0.3) is 0 Å². The molecule has 0 aliphatic heterocycles. The molecule has 2 rings (SSSR count). The third kappa shape index (κ3) is 1.42. The van der Waals surface area contributed by atoms with Crippen molar-refractivity contribution in [2.24, 2.45) is 0 Å². The van der Waals surface area contributed by atoms with Crippen LogP contribution in [0.3, 0.4) is 0 Å². The van der Waals surface area contributed by atoms with Crippen molar-refractivity contribution in [1.29, 1.82) is 0 Å². The highest BCUT2D eigenvalue weighted by Crippen LogP contribution is 2.20. The molecule has 0 amide bonds. The van der Waals surface area contributed by atoms with Gasteiger partial charge in [-0.05, 0) is 36.7 Å². The van der Waals surface area contributed by atoms with Crippen LogP contribution >= 0.6 is 0 Å². The van der Waals surface area contributed by atoms with Crippen LogP contribution in [-0.2, 0) is 0 Å². The molecule has 66 valence electrons. The number of benzene rings is 1. The Morgan fingerprint density at radius 3 is 3.00 bits per heavy atom. The molecule has 13 heavy (non-hydrogen) atoms. The molecule has 1 aromatic carbocycles. The van der Waals surface area contributed by atoms with E-state index >= 15 is 0 Å². The normalized spacial score (nSPS) is 10.5. The van der Waals surface area contributed by atoms with Crippen LogP contribution in [0.4, 0.5) is 0 Å². The van der Waals surface area contributed by atoms with E-state index in [0.717, 1.165) is 12.4 Å². The largest absolute Gasteiger partial charge is 0.494 e. The van der Waals surface area contributed by atoms with E-state index in [1.165, 1.54) is 10.9 Å². The lowest BCUT2D eigenvalue weighted by molar-refractivity contribution is 0.340. The number of ether oxygens (including phenoxy) is 1. The summed E-state index contributed by atoms with van der Waals surface area (Å²) in [4.78, 5) is 0. The van der Waals surface area contributed by atoms with Crippen molar-refractivity contribution in [1.82, 2.24) is 4.48 Å². The molecule has 3 heteroatoms. The minimum Gasteiger partial charge on any atom is -0.494 e. The van der Waals surface area contributed by atoms with Gasteiger partial charge in [0.2, 0.25) is 7.98 Å². The standard InChI is InChI=1S/C10H12BNO/c1-2-13-9-4-3-8-5-6-12(11)10(8)7-9/h3-7H,2,11H2,1H3. The number of hydrogen-bond donors (Lipinski definition) is 0. The van der Waals surface area contributed by atoms with Crippen LogP contribution in [0.15, 0.2) is 30.5 Å². The molecule has 2 nitrogen and oxygen atoms in total. The Bertz CT molecular complexity index is 422. The predicted octanol–water partition coefficient (Wildman–Crippen LogP) is 1.44. The third-order valence-corrected chi connectivity index (χ3v) is 2.17. The molecule has 0 N–H and O–H groups in total. The van der Waals surface area contributed by atoms with Gasteiger partial charge in [0.05, 0.1) is 6.61 Å². The van der Waals surface area contributed by atoms with E-state index < -0.39 is 0 Å². The van der Waals surface area contributed by atoms with Crippen LogP contribution in [-0.4, -0.2) is 19.1 Å². The van der Waals surface area contributed by atoms with Gasteiger partial charge in [0, 0.05) is 11.6 Å². The van der Waals surface area contributed by atoms with Crippen LogP contribution in [0.1, 0.15) is 6.92 Å². The number of hydrogen-bond acceptors (Lipinski definition) is 1. The van der Waals surface area contributed by atoms with E-state index in [4.69, 9.17) is 4.74 Å². The summed E-state index contributed by atoms with van der Waals surface area (Å²) in [6.45, 7) is 2.71. The molecule has 2 aromatic rings. The molecule has 0 aliphatic carbocycles. The van der Waals surface area contributed by atoms with E-state index in [1.54, 1.807) is 0 Å². The van der Waals surface area contributed by atoms with E-state index in [1.807, 2.05) is 21.0 Å². The second-order valence-electron chi connectivity index (χ2n) is 3.08. The zero-order chi connectivity index (χ0) is 9.26. The van der Waals surface area contributed by atoms with Crippen molar-refractivity contribution >= 4 is 18.9 Å². The monoisotopic (exact) mass is 173 g/mol. The maximum atomic E-state index is 5.42. The van der Waals surface area contributed by atoms with Crippen molar-refractivity contribution in [3.63, 3.8) is 0 Å². The van der Waals surface area contributed by atoms with E-state index in [0.29, 0.717) is 0 Å². The summed E-state index contributed by atoms with van der Waals surface area (Å²) in [5.41, 5.74) is 1.21. The van der Waals surface area contributed by atoms with Gasteiger partial charge in [-0.15, -0.1) is 0 Å². The third-order valence-electron chi connectivity index (χ3n) is 2.17. The fourth-order valence-electron chi connectivity index (χ4n) is 1.50. The molecule has 0 aliphatic rings. The summed E-state index contributed by atoms with van der Waals surface area (Å²) in [7, 11) is 2.04. The molecule has 0 fully saturated rings. The van der Waals surface area contributed by atoms with Crippen LogP contribution < -0.4 is 4.74 Å². The summed E-state index contributed by atoms with van der Waals surface area (Å²) in [5.74, 6) is 0.941. The first kappa shape index (κ1) is 8.23. The minimum atomic E-state index is 0.718. The van der Waals surface area contributed by atoms with Gasteiger partial charge in [0.15, 0.2) is 0 Å². The van der Waals surface area contributed by atoms with Gasteiger partial charge < -0.3 is 9.21 Å². The van der Waals surface area contributed by atoms with Crippen molar-refractivity contribution in [3.05, 3.63) is 30.5 Å². The zero-order valence-corrected chi connectivity index (χ0v) is 7.95. The highest BCUT2D eigenvalue weighted by Gasteiger charge is 1.98. The van der Waals surface area contributed by atoms with Gasteiger partial charge in [-0.3, -0.25) is 0 Å². The molecular formula is C10H12BNO. The Hall–Kier alpha value is -1.38. The molecule has 0 spiro atoms. The first-order chi connectivity index (χ1) is 6.31. The van der Waals surface area contributed by atoms with Crippen LogP contribution in [0.2, 0.25) is 0 Å². The Morgan fingerprint density at radius 2 is 2.23 bits per heavy atom. The Labute approximate surface area is 78.6 Å². The number of rotatable bonds is 2.